The number of carbonyl (C=O) groups is 2. The standard InChI is InChI=1S/C17H27N3O3/c1-2-16(21)19-10-8-18(9-11-19)15-4-3-7-20(17(15)22)14-5-12-23-13-6-14/h2,14-15H,1,3-13H2/t15-/m1/s1. The van der Waals surface area contributed by atoms with Crippen LogP contribution < -0.4 is 0 Å². The summed E-state index contributed by atoms with van der Waals surface area (Å²) >= 11 is 0. The highest BCUT2D eigenvalue weighted by atomic mass is 16.5. The van der Waals surface area contributed by atoms with Crippen LogP contribution in [0.5, 0.6) is 0 Å². The van der Waals surface area contributed by atoms with Gasteiger partial charge in [0.2, 0.25) is 11.8 Å². The summed E-state index contributed by atoms with van der Waals surface area (Å²) in [4.78, 5) is 30.8. The van der Waals surface area contributed by atoms with Gasteiger partial charge in [0.15, 0.2) is 0 Å². The summed E-state index contributed by atoms with van der Waals surface area (Å²) in [6.45, 7) is 8.88. The second-order valence-corrected chi connectivity index (χ2v) is 6.60. The molecule has 0 saturated carbocycles. The molecule has 0 unspecified atom stereocenters. The number of hydrogen-bond donors (Lipinski definition) is 0. The Labute approximate surface area is 138 Å². The number of ether oxygens (including phenoxy) is 1. The number of amides is 2. The zero-order valence-electron chi connectivity index (χ0n) is 13.8. The van der Waals surface area contributed by atoms with Gasteiger partial charge in [0.1, 0.15) is 0 Å². The van der Waals surface area contributed by atoms with Crippen LogP contribution in [0.4, 0.5) is 0 Å². The number of piperazine rings is 1. The zero-order valence-corrected chi connectivity index (χ0v) is 13.8. The molecule has 6 nitrogen and oxygen atoms in total. The molecule has 0 aromatic rings. The molecule has 0 N–H and O–H groups in total. The zero-order chi connectivity index (χ0) is 16.2. The highest BCUT2D eigenvalue weighted by molar-refractivity contribution is 5.87. The third kappa shape index (κ3) is 3.58. The first-order valence-electron chi connectivity index (χ1n) is 8.74. The van der Waals surface area contributed by atoms with Crippen LogP contribution in [-0.2, 0) is 14.3 Å². The molecule has 0 bridgehead atoms. The molecule has 0 spiro atoms. The molecule has 0 aromatic heterocycles. The Bertz CT molecular complexity index is 454. The Balaban J connectivity index is 1.58. The largest absolute Gasteiger partial charge is 0.381 e. The Morgan fingerprint density at radius 1 is 1.09 bits per heavy atom. The summed E-state index contributed by atoms with van der Waals surface area (Å²) in [5.41, 5.74) is 0. The monoisotopic (exact) mass is 321 g/mol. The van der Waals surface area contributed by atoms with E-state index in [4.69, 9.17) is 4.74 Å². The molecule has 3 rings (SSSR count). The summed E-state index contributed by atoms with van der Waals surface area (Å²) in [6, 6.07) is 0.343. The molecule has 6 heteroatoms. The van der Waals surface area contributed by atoms with E-state index in [2.05, 4.69) is 16.4 Å². The summed E-state index contributed by atoms with van der Waals surface area (Å²) < 4.78 is 5.42. The Morgan fingerprint density at radius 2 is 1.78 bits per heavy atom. The van der Waals surface area contributed by atoms with E-state index in [9.17, 15) is 9.59 Å². The van der Waals surface area contributed by atoms with Crippen LogP contribution in [-0.4, -0.2) is 84.5 Å². The fourth-order valence-corrected chi connectivity index (χ4v) is 3.96. The predicted molar refractivity (Wildman–Crippen MR) is 86.9 cm³/mol. The molecular weight excluding hydrogens is 294 g/mol. The van der Waals surface area contributed by atoms with E-state index in [0.717, 1.165) is 58.5 Å². The van der Waals surface area contributed by atoms with Crippen molar-refractivity contribution in [3.8, 4) is 0 Å². The molecule has 3 aliphatic rings. The highest BCUT2D eigenvalue weighted by Crippen LogP contribution is 2.24. The van der Waals surface area contributed by atoms with E-state index in [-0.39, 0.29) is 17.9 Å². The van der Waals surface area contributed by atoms with E-state index in [1.165, 1.54) is 6.08 Å². The molecule has 3 aliphatic heterocycles. The van der Waals surface area contributed by atoms with Crippen molar-refractivity contribution in [1.82, 2.24) is 14.7 Å². The smallest absolute Gasteiger partial charge is 0.246 e. The number of piperidine rings is 1. The molecule has 3 heterocycles. The predicted octanol–water partition coefficient (Wildman–Crippen LogP) is 0.487. The maximum atomic E-state index is 12.9. The van der Waals surface area contributed by atoms with Crippen molar-refractivity contribution < 1.29 is 14.3 Å². The normalized spacial score (nSPS) is 28.0. The van der Waals surface area contributed by atoms with Gasteiger partial charge in [-0.05, 0) is 31.8 Å². The van der Waals surface area contributed by atoms with Gasteiger partial charge in [-0.1, -0.05) is 6.58 Å². The van der Waals surface area contributed by atoms with Crippen LogP contribution in [0.15, 0.2) is 12.7 Å². The molecule has 23 heavy (non-hydrogen) atoms. The van der Waals surface area contributed by atoms with Gasteiger partial charge < -0.3 is 14.5 Å². The molecule has 0 aromatic carbocycles. The van der Waals surface area contributed by atoms with Gasteiger partial charge in [-0.25, -0.2) is 0 Å². The van der Waals surface area contributed by atoms with Gasteiger partial charge >= 0.3 is 0 Å². The molecule has 3 fully saturated rings. The molecule has 0 radical (unpaired) electrons. The molecule has 0 aliphatic carbocycles. The van der Waals surface area contributed by atoms with Crippen molar-refractivity contribution in [1.29, 1.82) is 0 Å². The lowest BCUT2D eigenvalue weighted by Gasteiger charge is -2.45. The first kappa shape index (κ1) is 16.5. The van der Waals surface area contributed by atoms with Gasteiger partial charge in [0.25, 0.3) is 0 Å². The maximum Gasteiger partial charge on any atom is 0.246 e. The molecule has 3 saturated heterocycles. The molecule has 1 atom stereocenters. The summed E-state index contributed by atoms with van der Waals surface area (Å²) in [6.07, 6.45) is 5.29. The van der Waals surface area contributed by atoms with Crippen LogP contribution in [0.1, 0.15) is 25.7 Å². The molecule has 2 amide bonds. The molecule has 128 valence electrons. The average molecular weight is 321 g/mol. The number of nitrogens with zero attached hydrogens (tertiary/aromatic N) is 3. The first-order chi connectivity index (χ1) is 11.2. The van der Waals surface area contributed by atoms with E-state index in [1.54, 1.807) is 0 Å². The second kappa shape index (κ2) is 7.45. The third-order valence-corrected chi connectivity index (χ3v) is 5.32. The summed E-state index contributed by atoms with van der Waals surface area (Å²) in [7, 11) is 0. The Kier molecular flexibility index (Phi) is 5.33. The minimum atomic E-state index is -0.0107. The number of hydrogen-bond acceptors (Lipinski definition) is 4. The number of likely N-dealkylation sites (tertiary alicyclic amines) is 1. The fraction of sp³-hybridized carbons (Fsp3) is 0.765. The Hall–Kier alpha value is -1.40. The number of carbonyl (C=O) groups excluding carboxylic acids is 2. The lowest BCUT2D eigenvalue weighted by atomic mass is 9.97. The SMILES string of the molecule is C=CC(=O)N1CCN([C@@H]2CCCN(C3CCOCC3)C2=O)CC1. The van der Waals surface area contributed by atoms with E-state index in [1.807, 2.05) is 4.90 Å². The maximum absolute atomic E-state index is 12.9. The van der Waals surface area contributed by atoms with Crippen molar-refractivity contribution >= 4 is 11.8 Å². The van der Waals surface area contributed by atoms with Crippen LogP contribution >= 0.6 is 0 Å². The van der Waals surface area contributed by atoms with Gasteiger partial charge in [0.05, 0.1) is 6.04 Å². The quantitative estimate of drug-likeness (QED) is 0.710. The lowest BCUT2D eigenvalue weighted by molar-refractivity contribution is -0.146. The van der Waals surface area contributed by atoms with Gasteiger partial charge in [-0.2, -0.15) is 0 Å². The van der Waals surface area contributed by atoms with E-state index in [0.29, 0.717) is 19.1 Å². The van der Waals surface area contributed by atoms with Crippen LogP contribution in [0.3, 0.4) is 0 Å². The third-order valence-electron chi connectivity index (χ3n) is 5.32. The molecular formula is C17H27N3O3. The first-order valence-corrected chi connectivity index (χ1v) is 8.74. The van der Waals surface area contributed by atoms with Crippen molar-refractivity contribution in [3.05, 3.63) is 12.7 Å². The second-order valence-electron chi connectivity index (χ2n) is 6.60. The number of rotatable bonds is 3. The van der Waals surface area contributed by atoms with Crippen molar-refractivity contribution in [2.45, 2.75) is 37.8 Å². The van der Waals surface area contributed by atoms with Crippen LogP contribution in [0.2, 0.25) is 0 Å². The van der Waals surface area contributed by atoms with Gasteiger partial charge in [-0.3, -0.25) is 14.5 Å². The van der Waals surface area contributed by atoms with E-state index >= 15 is 0 Å². The topological polar surface area (TPSA) is 53.1 Å². The van der Waals surface area contributed by atoms with Gasteiger partial charge in [0, 0.05) is 52.0 Å². The van der Waals surface area contributed by atoms with Crippen molar-refractivity contribution in [3.63, 3.8) is 0 Å². The minimum absolute atomic E-state index is 0.00687. The summed E-state index contributed by atoms with van der Waals surface area (Å²) in [5.74, 6) is 0.273. The Morgan fingerprint density at radius 3 is 2.43 bits per heavy atom. The van der Waals surface area contributed by atoms with Gasteiger partial charge in [-0.15, -0.1) is 0 Å². The summed E-state index contributed by atoms with van der Waals surface area (Å²) in [5, 5.41) is 0. The van der Waals surface area contributed by atoms with Crippen molar-refractivity contribution in [2.24, 2.45) is 0 Å². The van der Waals surface area contributed by atoms with E-state index < -0.39 is 0 Å². The highest BCUT2D eigenvalue weighted by Gasteiger charge is 2.38. The van der Waals surface area contributed by atoms with Crippen molar-refractivity contribution in [2.75, 3.05) is 45.9 Å². The lowest BCUT2D eigenvalue weighted by Crippen LogP contribution is -2.60. The fourth-order valence-electron chi connectivity index (χ4n) is 3.96. The average Bonchev–Trinajstić information content (AvgIpc) is 2.62. The minimum Gasteiger partial charge on any atom is -0.381 e. The van der Waals surface area contributed by atoms with Crippen LogP contribution in [0.25, 0.3) is 0 Å². The van der Waals surface area contributed by atoms with Crippen LogP contribution in [0, 0.1) is 0 Å².